The van der Waals surface area contributed by atoms with E-state index in [4.69, 9.17) is 5.73 Å². The van der Waals surface area contributed by atoms with Gasteiger partial charge in [0.15, 0.2) is 0 Å². The lowest BCUT2D eigenvalue weighted by Gasteiger charge is -2.05. The van der Waals surface area contributed by atoms with Gasteiger partial charge in [0.1, 0.15) is 11.6 Å². The number of benzene rings is 1. The minimum absolute atomic E-state index is 0.195. The fourth-order valence-corrected chi connectivity index (χ4v) is 1.62. The number of hydrogen-bond acceptors (Lipinski definition) is 3. The lowest BCUT2D eigenvalue weighted by atomic mass is 10.1. The number of carbonyl (C=O) groups excluding carboxylic acids is 1. The van der Waals surface area contributed by atoms with Crippen molar-refractivity contribution in [2.45, 2.75) is 13.0 Å². The average Bonchev–Trinajstić information content (AvgIpc) is 2.42. The second-order valence-corrected chi connectivity index (χ2v) is 4.11. The maximum Gasteiger partial charge on any atom is 0.229 e. The Morgan fingerprint density at radius 3 is 2.42 bits per heavy atom. The zero-order chi connectivity index (χ0) is 13.7. The fraction of sp³-hybridized carbons (Fsp3) is 0.143. The predicted octanol–water partition coefficient (Wildman–Crippen LogP) is 1.86. The number of amides is 1. The molecule has 0 unspecified atom stereocenters. The van der Waals surface area contributed by atoms with Gasteiger partial charge in [-0.1, -0.05) is 24.3 Å². The van der Waals surface area contributed by atoms with Gasteiger partial charge >= 0.3 is 0 Å². The van der Waals surface area contributed by atoms with Crippen molar-refractivity contribution in [3.05, 3.63) is 59.5 Å². The lowest BCUT2D eigenvalue weighted by molar-refractivity contribution is -0.115. The minimum Gasteiger partial charge on any atom is -0.326 e. The van der Waals surface area contributed by atoms with Crippen LogP contribution in [0.25, 0.3) is 0 Å². The fourth-order valence-electron chi connectivity index (χ4n) is 1.62. The highest BCUT2D eigenvalue weighted by atomic mass is 19.1. The van der Waals surface area contributed by atoms with Gasteiger partial charge in [0.05, 0.1) is 12.6 Å². The van der Waals surface area contributed by atoms with Crippen molar-refractivity contribution in [3.8, 4) is 0 Å². The summed E-state index contributed by atoms with van der Waals surface area (Å²) in [5.74, 6) is -0.292. The van der Waals surface area contributed by atoms with Gasteiger partial charge in [-0.25, -0.2) is 9.37 Å². The Bertz CT molecular complexity index is 552. The third-order valence-electron chi connectivity index (χ3n) is 2.62. The molecule has 98 valence electrons. The summed E-state index contributed by atoms with van der Waals surface area (Å²) in [5.41, 5.74) is 7.40. The van der Waals surface area contributed by atoms with Gasteiger partial charge in [0.25, 0.3) is 0 Å². The highest BCUT2D eigenvalue weighted by Crippen LogP contribution is 2.07. The Morgan fingerprint density at radius 2 is 1.84 bits per heavy atom. The number of pyridine rings is 1. The number of carbonyl (C=O) groups is 1. The maximum absolute atomic E-state index is 12.7. The summed E-state index contributed by atoms with van der Waals surface area (Å²) in [6.45, 7) is 0.478. The molecule has 2 rings (SSSR count). The summed E-state index contributed by atoms with van der Waals surface area (Å²) in [4.78, 5) is 15.5. The van der Waals surface area contributed by atoms with E-state index in [9.17, 15) is 9.18 Å². The molecule has 0 aliphatic carbocycles. The van der Waals surface area contributed by atoms with Crippen LogP contribution < -0.4 is 11.1 Å². The van der Waals surface area contributed by atoms with Crippen molar-refractivity contribution >= 4 is 11.7 Å². The summed E-state index contributed by atoms with van der Waals surface area (Å²) >= 11 is 0. The second kappa shape index (κ2) is 6.06. The summed E-state index contributed by atoms with van der Waals surface area (Å²) in [5, 5.41) is 2.60. The summed E-state index contributed by atoms with van der Waals surface area (Å²) in [7, 11) is 0. The van der Waals surface area contributed by atoms with Gasteiger partial charge in [-0.05, 0) is 23.3 Å². The van der Waals surface area contributed by atoms with Crippen LogP contribution in [0.3, 0.4) is 0 Å². The highest BCUT2D eigenvalue weighted by molar-refractivity contribution is 5.91. The zero-order valence-corrected chi connectivity index (χ0v) is 10.3. The van der Waals surface area contributed by atoms with Gasteiger partial charge in [-0.15, -0.1) is 0 Å². The molecule has 1 aromatic heterocycles. The third-order valence-corrected chi connectivity index (χ3v) is 2.62. The molecule has 0 saturated heterocycles. The molecule has 0 atom stereocenters. The van der Waals surface area contributed by atoms with Crippen LogP contribution in [0.1, 0.15) is 11.1 Å². The molecule has 0 radical (unpaired) electrons. The van der Waals surface area contributed by atoms with Gasteiger partial charge in [-0.2, -0.15) is 0 Å². The summed E-state index contributed by atoms with van der Waals surface area (Å²) in [6.07, 6.45) is 1.30. The van der Waals surface area contributed by atoms with Crippen LogP contribution in [0.2, 0.25) is 0 Å². The molecule has 0 spiro atoms. The van der Waals surface area contributed by atoms with Crippen molar-refractivity contribution in [3.63, 3.8) is 0 Å². The van der Waals surface area contributed by atoms with Crippen molar-refractivity contribution in [1.82, 2.24) is 4.98 Å². The Morgan fingerprint density at radius 1 is 1.16 bits per heavy atom. The van der Waals surface area contributed by atoms with E-state index in [-0.39, 0.29) is 12.3 Å². The molecule has 4 nitrogen and oxygen atoms in total. The normalized spacial score (nSPS) is 10.2. The maximum atomic E-state index is 12.7. The number of rotatable bonds is 4. The molecule has 1 aromatic carbocycles. The van der Waals surface area contributed by atoms with Crippen LogP contribution in [-0.2, 0) is 17.8 Å². The van der Waals surface area contributed by atoms with E-state index in [1.807, 2.05) is 24.3 Å². The molecule has 5 heteroatoms. The average molecular weight is 259 g/mol. The Balaban J connectivity index is 1.95. The van der Waals surface area contributed by atoms with E-state index >= 15 is 0 Å². The molecule has 0 aliphatic rings. The zero-order valence-electron chi connectivity index (χ0n) is 10.3. The molecule has 1 heterocycles. The first-order valence-corrected chi connectivity index (χ1v) is 5.86. The number of halogens is 1. The number of nitrogens with one attached hydrogen (secondary N) is 1. The molecule has 2 aromatic rings. The van der Waals surface area contributed by atoms with Crippen LogP contribution in [0.15, 0.2) is 42.6 Å². The monoisotopic (exact) mass is 259 g/mol. The topological polar surface area (TPSA) is 68.0 Å². The second-order valence-electron chi connectivity index (χ2n) is 4.11. The first kappa shape index (κ1) is 13.2. The largest absolute Gasteiger partial charge is 0.326 e. The molecule has 19 heavy (non-hydrogen) atoms. The van der Waals surface area contributed by atoms with Gasteiger partial charge in [-0.3, -0.25) is 4.79 Å². The molecule has 1 amide bonds. The van der Waals surface area contributed by atoms with Crippen molar-refractivity contribution in [1.29, 1.82) is 0 Å². The van der Waals surface area contributed by atoms with E-state index in [0.717, 1.165) is 17.3 Å². The molecule has 0 fully saturated rings. The first-order chi connectivity index (χ1) is 9.17. The summed E-state index contributed by atoms with van der Waals surface area (Å²) in [6, 6.07) is 10.2. The van der Waals surface area contributed by atoms with E-state index in [0.29, 0.717) is 12.4 Å². The van der Waals surface area contributed by atoms with Gasteiger partial charge in [0.2, 0.25) is 5.91 Å². The lowest BCUT2D eigenvalue weighted by Crippen LogP contribution is -2.15. The van der Waals surface area contributed by atoms with E-state index in [1.54, 1.807) is 0 Å². The standard InChI is InChI=1S/C14H14FN3O/c15-12-5-6-13(17-9-12)18-14(19)7-10-1-3-11(8-16)4-2-10/h1-6,9H,7-8,16H2,(H,17,18,19). The molecule has 0 bridgehead atoms. The van der Waals surface area contributed by atoms with Crippen LogP contribution in [0.4, 0.5) is 10.2 Å². The number of hydrogen-bond donors (Lipinski definition) is 2. The van der Waals surface area contributed by atoms with Crippen molar-refractivity contribution < 1.29 is 9.18 Å². The smallest absolute Gasteiger partial charge is 0.229 e. The Hall–Kier alpha value is -2.27. The SMILES string of the molecule is NCc1ccc(CC(=O)Nc2ccc(F)cn2)cc1. The number of nitrogens with zero attached hydrogens (tertiary/aromatic N) is 1. The molecule has 0 aliphatic heterocycles. The van der Waals surface area contributed by atoms with E-state index < -0.39 is 5.82 Å². The van der Waals surface area contributed by atoms with E-state index in [2.05, 4.69) is 10.3 Å². The number of aromatic nitrogens is 1. The van der Waals surface area contributed by atoms with Crippen molar-refractivity contribution in [2.24, 2.45) is 5.73 Å². The van der Waals surface area contributed by atoms with Crippen molar-refractivity contribution in [2.75, 3.05) is 5.32 Å². The Labute approximate surface area is 110 Å². The summed E-state index contributed by atoms with van der Waals surface area (Å²) < 4.78 is 12.7. The predicted molar refractivity (Wildman–Crippen MR) is 70.9 cm³/mol. The molecular weight excluding hydrogens is 245 g/mol. The highest BCUT2D eigenvalue weighted by Gasteiger charge is 2.05. The molecule has 3 N–H and O–H groups in total. The van der Waals surface area contributed by atoms with Crippen LogP contribution in [0, 0.1) is 5.82 Å². The van der Waals surface area contributed by atoms with E-state index in [1.165, 1.54) is 12.1 Å². The third kappa shape index (κ3) is 3.86. The van der Waals surface area contributed by atoms with Crippen LogP contribution >= 0.6 is 0 Å². The number of anilines is 1. The van der Waals surface area contributed by atoms with Gasteiger partial charge < -0.3 is 11.1 Å². The van der Waals surface area contributed by atoms with Gasteiger partial charge in [0, 0.05) is 6.54 Å². The molecule has 0 saturated carbocycles. The minimum atomic E-state index is -0.435. The number of nitrogens with two attached hydrogens (primary N) is 1. The quantitative estimate of drug-likeness (QED) is 0.880. The van der Waals surface area contributed by atoms with Crippen LogP contribution in [0.5, 0.6) is 0 Å². The Kier molecular flexibility index (Phi) is 4.20. The first-order valence-electron chi connectivity index (χ1n) is 5.86. The molecular formula is C14H14FN3O. The van der Waals surface area contributed by atoms with Crippen LogP contribution in [-0.4, -0.2) is 10.9 Å².